The van der Waals surface area contributed by atoms with Crippen molar-refractivity contribution in [3.8, 4) is 16.8 Å². The summed E-state index contributed by atoms with van der Waals surface area (Å²) in [4.78, 5) is 10.2. The summed E-state index contributed by atoms with van der Waals surface area (Å²) < 4.78 is 11.5. The van der Waals surface area contributed by atoms with Gasteiger partial charge in [0, 0.05) is 58.5 Å². The van der Waals surface area contributed by atoms with Crippen LogP contribution in [-0.4, -0.2) is 16.2 Å². The van der Waals surface area contributed by atoms with Crippen molar-refractivity contribution in [3.05, 3.63) is 199 Å². The van der Waals surface area contributed by atoms with Crippen LogP contribution in [0.2, 0.25) is 0 Å². The largest absolute Gasteiger partial charge is 0.456 e. The van der Waals surface area contributed by atoms with Gasteiger partial charge < -0.3 is 14.3 Å². The molecule has 1 unspecified atom stereocenters. The van der Waals surface area contributed by atoms with Gasteiger partial charge in [-0.1, -0.05) is 115 Å². The van der Waals surface area contributed by atoms with E-state index in [9.17, 15) is 0 Å². The van der Waals surface area contributed by atoms with E-state index in [1.165, 1.54) is 42.0 Å². The average Bonchev–Trinajstić information content (AvgIpc) is 3.95. The Bertz CT molecular complexity index is 3390. The summed E-state index contributed by atoms with van der Waals surface area (Å²) in [5.74, 6) is 1.48. The number of nitrogens with one attached hydrogen (secondary N) is 1. The van der Waals surface area contributed by atoms with Crippen molar-refractivity contribution in [1.29, 1.82) is 0 Å². The van der Waals surface area contributed by atoms with Crippen molar-refractivity contribution in [1.82, 2.24) is 9.88 Å². The molecule has 1 aliphatic rings. The van der Waals surface area contributed by atoms with Crippen molar-refractivity contribution >= 4 is 86.9 Å². The van der Waals surface area contributed by atoms with Crippen molar-refractivity contribution in [2.75, 3.05) is 0 Å². The average molecular weight is 749 g/mol. The van der Waals surface area contributed by atoms with Gasteiger partial charge in [-0.2, -0.15) is 0 Å². The van der Waals surface area contributed by atoms with Crippen LogP contribution in [-0.2, 0) is 0 Å². The Morgan fingerprint density at radius 3 is 1.96 bits per heavy atom. The Balaban J connectivity index is 1.01. The van der Waals surface area contributed by atoms with E-state index in [-0.39, 0.29) is 6.17 Å². The molecule has 57 heavy (non-hydrogen) atoms. The van der Waals surface area contributed by atoms with Crippen LogP contribution < -0.4 is 5.32 Å². The van der Waals surface area contributed by atoms with Crippen LogP contribution in [0.15, 0.2) is 196 Å². The molecule has 0 amide bonds. The highest BCUT2D eigenvalue weighted by Gasteiger charge is 2.22. The highest BCUT2D eigenvalue weighted by Crippen LogP contribution is 2.42. The van der Waals surface area contributed by atoms with Gasteiger partial charge in [0.15, 0.2) is 5.84 Å². The third-order valence-electron chi connectivity index (χ3n) is 11.3. The molecule has 0 saturated carbocycles. The summed E-state index contributed by atoms with van der Waals surface area (Å²) in [7, 11) is 0. The van der Waals surface area contributed by atoms with Crippen LogP contribution in [0.25, 0.3) is 80.7 Å². The van der Waals surface area contributed by atoms with Gasteiger partial charge in [0.05, 0.1) is 11.0 Å². The lowest BCUT2D eigenvalue weighted by Gasteiger charge is -2.23. The zero-order chi connectivity index (χ0) is 37.5. The molecule has 5 nitrogen and oxygen atoms in total. The van der Waals surface area contributed by atoms with E-state index < -0.39 is 0 Å². The Morgan fingerprint density at radius 1 is 0.509 bits per heavy atom. The van der Waals surface area contributed by atoms with Crippen molar-refractivity contribution in [2.24, 2.45) is 9.98 Å². The molecule has 1 atom stereocenters. The number of furan rings is 1. The maximum atomic E-state index is 6.52. The minimum absolute atomic E-state index is 0.274. The first-order chi connectivity index (χ1) is 28.2. The van der Waals surface area contributed by atoms with Crippen molar-refractivity contribution in [3.63, 3.8) is 0 Å². The summed E-state index contributed by atoms with van der Waals surface area (Å²) in [6.45, 7) is 0. The van der Waals surface area contributed by atoms with Gasteiger partial charge in [-0.05, 0) is 83.4 Å². The predicted molar refractivity (Wildman–Crippen MR) is 238 cm³/mol. The molecular weight excluding hydrogens is 717 g/mol. The van der Waals surface area contributed by atoms with Crippen LogP contribution >= 0.6 is 11.3 Å². The fourth-order valence-electron chi connectivity index (χ4n) is 8.61. The molecule has 8 aromatic carbocycles. The number of fused-ring (bicyclic) bond motifs is 9. The zero-order valence-corrected chi connectivity index (χ0v) is 31.4. The number of amidine groups is 2. The number of rotatable bonds is 5. The summed E-state index contributed by atoms with van der Waals surface area (Å²) in [5.41, 5.74) is 10.6. The third-order valence-corrected chi connectivity index (χ3v) is 12.4. The second-order valence-corrected chi connectivity index (χ2v) is 15.7. The normalized spacial score (nSPS) is 14.5. The molecule has 0 fully saturated rings. The molecule has 0 spiro atoms. The van der Waals surface area contributed by atoms with Gasteiger partial charge in [-0.3, -0.25) is 0 Å². The molecule has 12 rings (SSSR count). The summed E-state index contributed by atoms with van der Waals surface area (Å²) >= 11 is 1.84. The van der Waals surface area contributed by atoms with Crippen LogP contribution in [0.3, 0.4) is 0 Å². The minimum Gasteiger partial charge on any atom is -0.456 e. The lowest BCUT2D eigenvalue weighted by atomic mass is 9.97. The fraction of sp³-hybridized carbons (Fsp3) is 0.0196. The molecule has 268 valence electrons. The molecule has 0 radical (unpaired) electrons. The summed E-state index contributed by atoms with van der Waals surface area (Å²) in [6, 6.07) is 64.4. The third kappa shape index (κ3) is 5.15. The number of nitrogens with zero attached hydrogens (tertiary/aromatic N) is 3. The standard InChI is InChI=1S/C51H32N4OS/c1-3-12-31(13-4-1)49-52-50(32-14-5-2-6-15-32)54-51(53-49)34-22-25-44-41(29-34)48-36(18-11-21-45(48)56-44)33-23-26-46-39(28-33)40-30-35(24-27-47(40)57-46)55-42-19-9-7-16-37(42)38-17-8-10-20-43(38)55/h1-30,49H,(H,52,53,54). The number of benzene rings is 8. The first kappa shape index (κ1) is 32.0. The van der Waals surface area contributed by atoms with E-state index in [0.717, 1.165) is 61.3 Å². The van der Waals surface area contributed by atoms with E-state index in [0.29, 0.717) is 5.84 Å². The first-order valence-corrected chi connectivity index (χ1v) is 20.0. The Hall–Kier alpha value is -7.28. The zero-order valence-electron chi connectivity index (χ0n) is 30.6. The van der Waals surface area contributed by atoms with E-state index in [2.05, 4.69) is 155 Å². The second-order valence-electron chi connectivity index (χ2n) is 14.6. The van der Waals surface area contributed by atoms with Crippen LogP contribution in [0.1, 0.15) is 22.9 Å². The highest BCUT2D eigenvalue weighted by atomic mass is 32.1. The number of thiophene rings is 1. The Kier molecular flexibility index (Phi) is 7.09. The molecular formula is C51H32N4OS. The van der Waals surface area contributed by atoms with Gasteiger partial charge in [0.1, 0.15) is 23.2 Å². The number of para-hydroxylation sites is 2. The lowest BCUT2D eigenvalue weighted by Crippen LogP contribution is -2.33. The molecule has 3 aromatic heterocycles. The predicted octanol–water partition coefficient (Wildman–Crippen LogP) is 13.2. The van der Waals surface area contributed by atoms with E-state index in [1.807, 2.05) is 47.7 Å². The topological polar surface area (TPSA) is 54.8 Å². The van der Waals surface area contributed by atoms with Gasteiger partial charge in [-0.15, -0.1) is 11.3 Å². The van der Waals surface area contributed by atoms with E-state index in [4.69, 9.17) is 14.4 Å². The number of hydrogen-bond donors (Lipinski definition) is 1. The van der Waals surface area contributed by atoms with Gasteiger partial charge in [0.25, 0.3) is 0 Å². The maximum Gasteiger partial charge on any atom is 0.159 e. The summed E-state index contributed by atoms with van der Waals surface area (Å²) in [5, 5.41) is 10.7. The number of hydrogen-bond acceptors (Lipinski definition) is 5. The fourth-order valence-corrected chi connectivity index (χ4v) is 9.67. The molecule has 1 N–H and O–H groups in total. The lowest BCUT2D eigenvalue weighted by molar-refractivity contribution is 0.669. The molecule has 0 saturated heterocycles. The monoisotopic (exact) mass is 748 g/mol. The Labute approximate surface area is 331 Å². The van der Waals surface area contributed by atoms with Crippen LogP contribution in [0.4, 0.5) is 0 Å². The summed E-state index contributed by atoms with van der Waals surface area (Å²) in [6.07, 6.45) is -0.274. The quantitative estimate of drug-likeness (QED) is 0.191. The van der Waals surface area contributed by atoms with Gasteiger partial charge >= 0.3 is 0 Å². The van der Waals surface area contributed by atoms with Crippen molar-refractivity contribution in [2.45, 2.75) is 6.17 Å². The highest BCUT2D eigenvalue weighted by molar-refractivity contribution is 7.25. The van der Waals surface area contributed by atoms with Gasteiger partial charge in [0.2, 0.25) is 0 Å². The SMILES string of the molecule is c1ccc(C2=NC(c3ccc4oc5cccc(-c6ccc7sc8ccc(-n9c%10ccccc%10c%10ccccc%109)cc8c7c6)c5c4c3)=NC(c3ccccc3)N2)cc1. The van der Waals surface area contributed by atoms with E-state index in [1.54, 1.807) is 0 Å². The van der Waals surface area contributed by atoms with E-state index >= 15 is 0 Å². The van der Waals surface area contributed by atoms with Crippen molar-refractivity contribution < 1.29 is 4.42 Å². The number of aliphatic imine (C=N–C) groups is 2. The molecule has 6 heteroatoms. The minimum atomic E-state index is -0.274. The molecule has 0 bridgehead atoms. The number of aromatic nitrogens is 1. The maximum absolute atomic E-state index is 6.52. The molecule has 0 aliphatic carbocycles. The van der Waals surface area contributed by atoms with Gasteiger partial charge in [-0.25, -0.2) is 9.98 Å². The Morgan fingerprint density at radius 2 is 1.18 bits per heavy atom. The molecule has 4 heterocycles. The molecule has 1 aliphatic heterocycles. The second kappa shape index (κ2) is 12.6. The smallest absolute Gasteiger partial charge is 0.159 e. The first-order valence-electron chi connectivity index (χ1n) is 19.2. The molecule has 11 aromatic rings. The van der Waals surface area contributed by atoms with Crippen LogP contribution in [0, 0.1) is 0 Å². The van der Waals surface area contributed by atoms with Crippen LogP contribution in [0.5, 0.6) is 0 Å².